The molecule has 0 amide bonds. The Hall–Kier alpha value is -2.51. The van der Waals surface area contributed by atoms with Crippen LogP contribution in [0.4, 0.5) is 11.5 Å². The largest absolute Gasteiger partial charge is 0.368 e. The van der Waals surface area contributed by atoms with E-state index in [0.717, 1.165) is 47.1 Å². The van der Waals surface area contributed by atoms with Gasteiger partial charge in [0.15, 0.2) is 0 Å². The summed E-state index contributed by atoms with van der Waals surface area (Å²) in [5.74, 6) is 5.91. The smallest absolute Gasteiger partial charge is 0.253 e. The molecule has 0 unspecified atom stereocenters. The van der Waals surface area contributed by atoms with Crippen molar-refractivity contribution >= 4 is 49.3 Å². The average Bonchev–Trinajstić information content (AvgIpc) is 2.74. The first-order valence-electron chi connectivity index (χ1n) is 11.3. The second-order valence-corrected chi connectivity index (χ2v) is 12.1. The topological polar surface area (TPSA) is 78.1 Å². The number of aromatic amines is 1. The molecule has 8 heteroatoms. The highest BCUT2D eigenvalue weighted by molar-refractivity contribution is 8.00. The number of rotatable bonds is 6. The molecule has 1 aliphatic rings. The fraction of sp³-hybridized carbons (Fsp3) is 0.400. The maximum Gasteiger partial charge on any atom is 0.253 e. The van der Waals surface area contributed by atoms with Crippen molar-refractivity contribution < 1.29 is 4.21 Å². The lowest BCUT2D eigenvalue weighted by molar-refractivity contribution is 0.550. The Balaban J connectivity index is 1.69. The summed E-state index contributed by atoms with van der Waals surface area (Å²) >= 11 is 6.57. The quantitative estimate of drug-likeness (QED) is 0.501. The summed E-state index contributed by atoms with van der Waals surface area (Å²) in [5, 5.41) is 5.95. The van der Waals surface area contributed by atoms with Crippen molar-refractivity contribution in [1.82, 2.24) is 9.97 Å². The molecule has 4 rings (SSSR count). The van der Waals surface area contributed by atoms with Crippen LogP contribution >= 0.6 is 11.6 Å². The summed E-state index contributed by atoms with van der Waals surface area (Å²) in [4.78, 5) is 22.2. The molecular weight excluding hydrogens is 456 g/mol. The summed E-state index contributed by atoms with van der Waals surface area (Å²) in [5.41, 5.74) is 3.45. The van der Waals surface area contributed by atoms with Crippen LogP contribution in [-0.4, -0.2) is 44.1 Å². The van der Waals surface area contributed by atoms with Crippen LogP contribution < -0.4 is 15.8 Å². The third kappa shape index (κ3) is 5.04. The number of aromatic nitrogens is 2. The van der Waals surface area contributed by atoms with E-state index in [0.29, 0.717) is 40.5 Å². The van der Waals surface area contributed by atoms with Crippen molar-refractivity contribution in [3.63, 3.8) is 0 Å². The number of hydrogen-bond acceptors (Lipinski definition) is 5. The number of nitrogens with one attached hydrogen (secondary N) is 2. The zero-order valence-corrected chi connectivity index (χ0v) is 21.0. The zero-order chi connectivity index (χ0) is 23.8. The van der Waals surface area contributed by atoms with Crippen LogP contribution in [0, 0.1) is 13.8 Å². The summed E-state index contributed by atoms with van der Waals surface area (Å²) in [7, 11) is -1.94. The molecule has 1 aromatic carbocycles. The molecule has 0 spiro atoms. The SMILES string of the molecule is C=S1(=O)CCC(N(CC)c2cc(Cl)cc3c(NCc4c(C)cc(C)[nH]c4=O)nccc23)CC1. The van der Waals surface area contributed by atoms with Gasteiger partial charge in [0.25, 0.3) is 5.56 Å². The summed E-state index contributed by atoms with van der Waals surface area (Å²) in [6.07, 6.45) is 3.50. The molecule has 6 nitrogen and oxygen atoms in total. The monoisotopic (exact) mass is 486 g/mol. The maximum absolute atomic E-state index is 12.4. The molecule has 0 aliphatic carbocycles. The van der Waals surface area contributed by atoms with Gasteiger partial charge in [-0.15, -0.1) is 0 Å². The van der Waals surface area contributed by atoms with E-state index in [1.54, 1.807) is 6.20 Å². The lowest BCUT2D eigenvalue weighted by Crippen LogP contribution is -2.41. The van der Waals surface area contributed by atoms with Gasteiger partial charge < -0.3 is 15.2 Å². The lowest BCUT2D eigenvalue weighted by atomic mass is 10.0. The van der Waals surface area contributed by atoms with Crippen molar-refractivity contribution in [1.29, 1.82) is 0 Å². The standard InChI is InChI=1S/C25H31ClN4O2S/c1-5-30(19-7-10-33(4,32)11-8-19)23-14-18(26)13-21-20(23)6-9-27-24(21)28-15-22-16(2)12-17(3)29-25(22)31/h6,9,12-14,19H,4-5,7-8,10-11,15H2,1-3H3,(H,27,28)(H,29,31). The van der Waals surface area contributed by atoms with Gasteiger partial charge in [-0.2, -0.15) is 0 Å². The van der Waals surface area contributed by atoms with E-state index >= 15 is 0 Å². The molecule has 33 heavy (non-hydrogen) atoms. The van der Waals surface area contributed by atoms with E-state index < -0.39 is 9.52 Å². The second kappa shape index (κ2) is 9.39. The number of pyridine rings is 2. The Morgan fingerprint density at radius 1 is 1.24 bits per heavy atom. The number of halogens is 1. The average molecular weight is 487 g/mol. The van der Waals surface area contributed by atoms with Gasteiger partial charge in [0, 0.05) is 69.6 Å². The number of hydrogen-bond donors (Lipinski definition) is 2. The minimum atomic E-state index is -1.94. The van der Waals surface area contributed by atoms with E-state index in [1.807, 2.05) is 38.1 Å². The summed E-state index contributed by atoms with van der Waals surface area (Å²) in [6, 6.07) is 8.19. The fourth-order valence-corrected chi connectivity index (χ4v) is 6.59. The van der Waals surface area contributed by atoms with Crippen molar-refractivity contribution in [2.45, 2.75) is 46.2 Å². The van der Waals surface area contributed by atoms with Crippen LogP contribution in [0.2, 0.25) is 5.02 Å². The third-order valence-corrected chi connectivity index (χ3v) is 8.66. The van der Waals surface area contributed by atoms with Gasteiger partial charge in [-0.1, -0.05) is 11.6 Å². The van der Waals surface area contributed by atoms with E-state index in [-0.39, 0.29) is 5.56 Å². The molecule has 3 heterocycles. The zero-order valence-electron chi connectivity index (χ0n) is 19.4. The van der Waals surface area contributed by atoms with E-state index in [1.165, 1.54) is 0 Å². The molecule has 0 saturated carbocycles. The number of anilines is 2. The Morgan fingerprint density at radius 2 is 1.97 bits per heavy atom. The van der Waals surface area contributed by atoms with Crippen molar-refractivity contribution in [2.24, 2.45) is 0 Å². The van der Waals surface area contributed by atoms with Gasteiger partial charge in [0.05, 0.1) is 0 Å². The Labute approximate surface area is 200 Å². The normalized spacial score (nSPS) is 20.7. The van der Waals surface area contributed by atoms with Crippen LogP contribution in [0.15, 0.2) is 35.3 Å². The van der Waals surface area contributed by atoms with Crippen LogP contribution in [-0.2, 0) is 16.1 Å². The number of aryl methyl sites for hydroxylation is 2. The summed E-state index contributed by atoms with van der Waals surface area (Å²) in [6.45, 7) is 7.14. The first kappa shape index (κ1) is 23.6. The van der Waals surface area contributed by atoms with Crippen LogP contribution in [0.5, 0.6) is 0 Å². The van der Waals surface area contributed by atoms with Crippen LogP contribution in [0.25, 0.3) is 10.8 Å². The van der Waals surface area contributed by atoms with E-state index in [9.17, 15) is 9.00 Å². The number of benzene rings is 1. The van der Waals surface area contributed by atoms with Gasteiger partial charge in [0.1, 0.15) is 5.82 Å². The Morgan fingerprint density at radius 3 is 2.64 bits per heavy atom. The van der Waals surface area contributed by atoms with Crippen LogP contribution in [0.3, 0.4) is 0 Å². The van der Waals surface area contributed by atoms with Crippen molar-refractivity contribution in [3.05, 3.63) is 62.7 Å². The molecule has 1 aliphatic heterocycles. The van der Waals surface area contributed by atoms with Crippen molar-refractivity contribution in [3.8, 4) is 0 Å². The highest BCUT2D eigenvalue weighted by Gasteiger charge is 2.26. The molecule has 0 atom stereocenters. The highest BCUT2D eigenvalue weighted by Crippen LogP contribution is 2.36. The predicted molar refractivity (Wildman–Crippen MR) is 142 cm³/mol. The van der Waals surface area contributed by atoms with Gasteiger partial charge in [-0.05, 0) is 78.8 Å². The molecule has 3 aromatic rings. The predicted octanol–water partition coefficient (Wildman–Crippen LogP) is 4.51. The molecule has 1 saturated heterocycles. The Kier molecular flexibility index (Phi) is 6.73. The minimum absolute atomic E-state index is 0.0876. The maximum atomic E-state index is 12.4. The van der Waals surface area contributed by atoms with Gasteiger partial charge >= 0.3 is 0 Å². The molecule has 1 fully saturated rings. The van der Waals surface area contributed by atoms with Gasteiger partial charge in [-0.25, -0.2) is 4.98 Å². The van der Waals surface area contributed by atoms with Crippen molar-refractivity contribution in [2.75, 3.05) is 28.3 Å². The van der Waals surface area contributed by atoms with E-state index in [2.05, 4.69) is 33.0 Å². The summed E-state index contributed by atoms with van der Waals surface area (Å²) < 4.78 is 12.4. The third-order valence-electron chi connectivity index (χ3n) is 6.49. The van der Waals surface area contributed by atoms with Crippen LogP contribution in [0.1, 0.15) is 36.6 Å². The molecular formula is C25H31ClN4O2S. The molecule has 176 valence electrons. The molecule has 2 N–H and O–H groups in total. The molecule has 0 bridgehead atoms. The van der Waals surface area contributed by atoms with Gasteiger partial charge in [0.2, 0.25) is 0 Å². The highest BCUT2D eigenvalue weighted by atomic mass is 35.5. The molecule has 2 aromatic heterocycles. The number of nitrogens with zero attached hydrogens (tertiary/aromatic N) is 2. The number of H-pyrrole nitrogens is 1. The van der Waals surface area contributed by atoms with E-state index in [4.69, 9.17) is 11.6 Å². The first-order chi connectivity index (χ1) is 15.7. The fourth-order valence-electron chi connectivity index (χ4n) is 4.77. The Bertz CT molecular complexity index is 1340. The first-order valence-corrected chi connectivity index (χ1v) is 13.7. The number of fused-ring (bicyclic) bond motifs is 1. The lowest BCUT2D eigenvalue weighted by Gasteiger charge is -2.37. The van der Waals surface area contributed by atoms with Gasteiger partial charge in [-0.3, -0.25) is 9.00 Å². The second-order valence-electron chi connectivity index (χ2n) is 8.87. The molecule has 0 radical (unpaired) electrons. The minimum Gasteiger partial charge on any atom is -0.368 e.